The first-order valence-electron chi connectivity index (χ1n) is 10.1. The fraction of sp³-hybridized carbons (Fsp3) is 0.650. The summed E-state index contributed by atoms with van der Waals surface area (Å²) in [6, 6.07) is 4.32. The molecule has 7 heteroatoms. The number of amides is 1. The molecule has 2 aromatic rings. The molecule has 146 valence electrons. The van der Waals surface area contributed by atoms with Crippen LogP contribution in [0, 0.1) is 17.8 Å². The van der Waals surface area contributed by atoms with Crippen molar-refractivity contribution in [1.82, 2.24) is 20.1 Å². The van der Waals surface area contributed by atoms with Crippen molar-refractivity contribution in [2.24, 2.45) is 17.8 Å². The Hall–Kier alpha value is -1.89. The molecule has 1 aliphatic heterocycles. The molecule has 0 aromatic carbocycles. The number of hydrogen-bond donors (Lipinski definition) is 1. The molecule has 1 N–H and O–H groups in total. The van der Waals surface area contributed by atoms with Crippen LogP contribution < -0.4 is 10.2 Å². The van der Waals surface area contributed by atoms with E-state index < -0.39 is 0 Å². The Kier molecular flexibility index (Phi) is 5.48. The number of carbonyl (C=O) groups excluding carboxylic acids is 1. The predicted molar refractivity (Wildman–Crippen MR) is 108 cm³/mol. The van der Waals surface area contributed by atoms with Gasteiger partial charge in [0.1, 0.15) is 0 Å². The van der Waals surface area contributed by atoms with Gasteiger partial charge < -0.3 is 10.2 Å². The summed E-state index contributed by atoms with van der Waals surface area (Å²) in [5.74, 6) is 1.67. The van der Waals surface area contributed by atoms with E-state index in [1.54, 1.807) is 11.3 Å². The monoisotopic (exact) mass is 387 g/mol. The van der Waals surface area contributed by atoms with Crippen LogP contribution in [0.4, 0.5) is 5.13 Å². The second-order valence-corrected chi connectivity index (χ2v) is 9.04. The Morgan fingerprint density at radius 2 is 1.78 bits per heavy atom. The fourth-order valence-corrected chi connectivity index (χ4v) is 5.19. The quantitative estimate of drug-likeness (QED) is 0.872. The Balaban J connectivity index is 1.30. The van der Waals surface area contributed by atoms with E-state index in [0.29, 0.717) is 17.9 Å². The number of aromatic nitrogens is 3. The Bertz CT molecular complexity index is 750. The second-order valence-electron chi connectivity index (χ2n) is 8.10. The molecule has 1 aliphatic carbocycles. The summed E-state index contributed by atoms with van der Waals surface area (Å²) in [6.45, 7) is 6.34. The van der Waals surface area contributed by atoms with Crippen LogP contribution in [0.2, 0.25) is 0 Å². The molecule has 0 spiro atoms. The zero-order chi connectivity index (χ0) is 18.8. The molecule has 3 atom stereocenters. The van der Waals surface area contributed by atoms with Crippen molar-refractivity contribution in [2.75, 3.05) is 18.0 Å². The summed E-state index contributed by atoms with van der Waals surface area (Å²) in [5.41, 5.74) is 0. The Labute approximate surface area is 165 Å². The highest BCUT2D eigenvalue weighted by atomic mass is 32.1. The first-order chi connectivity index (χ1) is 13.1. The van der Waals surface area contributed by atoms with E-state index in [-0.39, 0.29) is 11.8 Å². The van der Waals surface area contributed by atoms with Crippen molar-refractivity contribution in [3.8, 4) is 5.13 Å². The summed E-state index contributed by atoms with van der Waals surface area (Å²) in [6.07, 6.45) is 9.39. The topological polar surface area (TPSA) is 63.1 Å². The van der Waals surface area contributed by atoms with Crippen molar-refractivity contribution < 1.29 is 4.79 Å². The van der Waals surface area contributed by atoms with Gasteiger partial charge in [-0.1, -0.05) is 38.0 Å². The Morgan fingerprint density at radius 3 is 2.52 bits per heavy atom. The van der Waals surface area contributed by atoms with E-state index in [9.17, 15) is 4.79 Å². The van der Waals surface area contributed by atoms with Gasteiger partial charge in [0.05, 0.1) is 0 Å². The second kappa shape index (κ2) is 8.00. The smallest absolute Gasteiger partial charge is 0.223 e. The summed E-state index contributed by atoms with van der Waals surface area (Å²) in [7, 11) is 0. The zero-order valence-corrected chi connectivity index (χ0v) is 17.0. The summed E-state index contributed by atoms with van der Waals surface area (Å²) in [4.78, 5) is 15.0. The lowest BCUT2D eigenvalue weighted by Crippen LogP contribution is -2.48. The average molecular weight is 388 g/mol. The van der Waals surface area contributed by atoms with Gasteiger partial charge in [-0.25, -0.2) is 0 Å². The van der Waals surface area contributed by atoms with Gasteiger partial charge in [0, 0.05) is 37.4 Å². The molecule has 2 aliphatic rings. The third-order valence-electron chi connectivity index (χ3n) is 6.40. The third kappa shape index (κ3) is 4.03. The van der Waals surface area contributed by atoms with Crippen molar-refractivity contribution in [1.29, 1.82) is 0 Å². The van der Waals surface area contributed by atoms with Gasteiger partial charge >= 0.3 is 0 Å². The van der Waals surface area contributed by atoms with Crippen molar-refractivity contribution >= 4 is 22.4 Å². The summed E-state index contributed by atoms with van der Waals surface area (Å²) in [5, 5.41) is 13.8. The minimum absolute atomic E-state index is 0.127. The van der Waals surface area contributed by atoms with Crippen LogP contribution in [0.25, 0.3) is 5.13 Å². The number of nitrogens with one attached hydrogen (secondary N) is 1. The van der Waals surface area contributed by atoms with Gasteiger partial charge in [-0.05, 0) is 43.2 Å². The lowest BCUT2D eigenvalue weighted by atomic mass is 9.78. The van der Waals surface area contributed by atoms with Crippen LogP contribution >= 0.6 is 11.3 Å². The van der Waals surface area contributed by atoms with E-state index in [4.69, 9.17) is 0 Å². The summed E-state index contributed by atoms with van der Waals surface area (Å²) >= 11 is 1.60. The van der Waals surface area contributed by atoms with E-state index in [2.05, 4.69) is 34.3 Å². The molecular weight excluding hydrogens is 358 g/mol. The van der Waals surface area contributed by atoms with Gasteiger partial charge in [0.25, 0.3) is 0 Å². The molecule has 27 heavy (non-hydrogen) atoms. The molecule has 4 rings (SSSR count). The zero-order valence-electron chi connectivity index (χ0n) is 16.2. The maximum absolute atomic E-state index is 12.8. The standard InChI is InChI=1S/C20H29N5OS/c1-14-6-5-7-17(15(14)2)21-18(26)16-8-12-25(13-9-16)20-23-22-19(27-20)24-10-3-4-11-24/h3-4,10-11,14-17H,5-9,12-13H2,1-2H3,(H,21,26)/t14-,15+,17+/m1/s1. The summed E-state index contributed by atoms with van der Waals surface area (Å²) < 4.78 is 1.98. The predicted octanol–water partition coefficient (Wildman–Crippen LogP) is 3.49. The van der Waals surface area contributed by atoms with Crippen LogP contribution in [-0.2, 0) is 4.79 Å². The largest absolute Gasteiger partial charge is 0.353 e. The van der Waals surface area contributed by atoms with Gasteiger partial charge in [0.15, 0.2) is 0 Å². The van der Waals surface area contributed by atoms with Crippen LogP contribution in [0.1, 0.15) is 46.0 Å². The number of piperidine rings is 1. The van der Waals surface area contributed by atoms with Gasteiger partial charge in [0.2, 0.25) is 16.2 Å². The fourth-order valence-electron chi connectivity index (χ4n) is 4.32. The molecule has 0 radical (unpaired) electrons. The third-order valence-corrected chi connectivity index (χ3v) is 7.40. The maximum atomic E-state index is 12.8. The minimum Gasteiger partial charge on any atom is -0.353 e. The molecule has 1 saturated heterocycles. The van der Waals surface area contributed by atoms with Crippen molar-refractivity contribution in [2.45, 2.75) is 52.0 Å². The molecule has 0 bridgehead atoms. The molecular formula is C20H29N5OS. The van der Waals surface area contributed by atoms with Gasteiger partial charge in [-0.2, -0.15) is 0 Å². The molecule has 0 unspecified atom stereocenters. The molecule has 2 fully saturated rings. The van der Waals surface area contributed by atoms with E-state index >= 15 is 0 Å². The van der Waals surface area contributed by atoms with Crippen molar-refractivity contribution in [3.05, 3.63) is 24.5 Å². The minimum atomic E-state index is 0.127. The van der Waals surface area contributed by atoms with Crippen LogP contribution in [0.5, 0.6) is 0 Å². The highest BCUT2D eigenvalue weighted by molar-refractivity contribution is 7.17. The first-order valence-corrected chi connectivity index (χ1v) is 11.0. The van der Waals surface area contributed by atoms with E-state index in [0.717, 1.165) is 42.6 Å². The number of carbonyl (C=O) groups is 1. The van der Waals surface area contributed by atoms with Gasteiger partial charge in [-0.3, -0.25) is 9.36 Å². The van der Waals surface area contributed by atoms with Gasteiger partial charge in [-0.15, -0.1) is 10.2 Å². The highest BCUT2D eigenvalue weighted by Gasteiger charge is 2.32. The van der Waals surface area contributed by atoms with Crippen LogP contribution in [0.3, 0.4) is 0 Å². The van der Waals surface area contributed by atoms with Crippen LogP contribution in [0.15, 0.2) is 24.5 Å². The molecule has 1 saturated carbocycles. The molecule has 1 amide bonds. The average Bonchev–Trinajstić information content (AvgIpc) is 3.37. The number of nitrogens with zero attached hydrogens (tertiary/aromatic N) is 4. The lowest BCUT2D eigenvalue weighted by Gasteiger charge is -2.36. The normalized spacial score (nSPS) is 26.9. The lowest BCUT2D eigenvalue weighted by molar-refractivity contribution is -0.127. The first kappa shape index (κ1) is 18.5. The number of rotatable bonds is 4. The van der Waals surface area contributed by atoms with E-state index in [1.165, 1.54) is 12.8 Å². The molecule has 3 heterocycles. The number of hydrogen-bond acceptors (Lipinski definition) is 5. The maximum Gasteiger partial charge on any atom is 0.223 e. The van der Waals surface area contributed by atoms with Crippen molar-refractivity contribution in [3.63, 3.8) is 0 Å². The highest BCUT2D eigenvalue weighted by Crippen LogP contribution is 2.31. The Morgan fingerprint density at radius 1 is 1.07 bits per heavy atom. The number of anilines is 1. The molecule has 6 nitrogen and oxygen atoms in total. The SMILES string of the molecule is C[C@H]1[C@H](C)CCC[C@@H]1NC(=O)C1CCN(c2nnc(-n3cccc3)s2)CC1. The van der Waals surface area contributed by atoms with Crippen LogP contribution in [-0.4, -0.2) is 39.8 Å². The van der Waals surface area contributed by atoms with E-state index in [1.807, 2.05) is 29.1 Å². The molecule has 2 aromatic heterocycles.